The van der Waals surface area contributed by atoms with Crippen molar-refractivity contribution in [2.75, 3.05) is 6.61 Å². The zero-order chi connectivity index (χ0) is 12.1. The maximum absolute atomic E-state index is 11.6. The first-order chi connectivity index (χ1) is 7.54. The van der Waals surface area contributed by atoms with Crippen LogP contribution in [0.5, 0.6) is 0 Å². The van der Waals surface area contributed by atoms with E-state index < -0.39 is 0 Å². The molecule has 1 rings (SSSR count). The van der Waals surface area contributed by atoms with Gasteiger partial charge in [0.2, 0.25) is 5.82 Å². The molecule has 1 unspecified atom stereocenters. The highest BCUT2D eigenvalue weighted by Crippen LogP contribution is 2.07. The van der Waals surface area contributed by atoms with E-state index in [0.29, 0.717) is 12.2 Å². The van der Waals surface area contributed by atoms with Gasteiger partial charge in [-0.2, -0.15) is 0 Å². The highest BCUT2D eigenvalue weighted by Gasteiger charge is 2.15. The Balaban J connectivity index is 2.59. The number of aliphatic hydroxyl groups is 1. The van der Waals surface area contributed by atoms with E-state index in [-0.39, 0.29) is 30.3 Å². The van der Waals surface area contributed by atoms with E-state index in [1.165, 1.54) is 0 Å². The van der Waals surface area contributed by atoms with E-state index in [4.69, 9.17) is 5.11 Å². The SMILES string of the molecule is CC(CCO)NC(=O)c1n[nH]c(C(C)C)n1. The van der Waals surface area contributed by atoms with Crippen molar-refractivity contribution in [1.29, 1.82) is 0 Å². The number of hydrogen-bond donors (Lipinski definition) is 3. The van der Waals surface area contributed by atoms with Gasteiger partial charge in [-0.3, -0.25) is 9.89 Å². The summed E-state index contributed by atoms with van der Waals surface area (Å²) in [6.07, 6.45) is 0.521. The first-order valence-corrected chi connectivity index (χ1v) is 5.38. The van der Waals surface area contributed by atoms with Gasteiger partial charge < -0.3 is 10.4 Å². The highest BCUT2D eigenvalue weighted by molar-refractivity contribution is 5.90. The molecule has 0 radical (unpaired) electrons. The Labute approximate surface area is 94.5 Å². The van der Waals surface area contributed by atoms with Crippen molar-refractivity contribution >= 4 is 5.91 Å². The molecule has 1 atom stereocenters. The van der Waals surface area contributed by atoms with Crippen molar-refractivity contribution < 1.29 is 9.90 Å². The van der Waals surface area contributed by atoms with Gasteiger partial charge in [-0.05, 0) is 13.3 Å². The zero-order valence-electron chi connectivity index (χ0n) is 9.82. The van der Waals surface area contributed by atoms with E-state index in [1.807, 2.05) is 20.8 Å². The van der Waals surface area contributed by atoms with Crippen molar-refractivity contribution in [3.8, 4) is 0 Å². The highest BCUT2D eigenvalue weighted by atomic mass is 16.3. The molecule has 0 aliphatic rings. The lowest BCUT2D eigenvalue weighted by molar-refractivity contribution is 0.0924. The molecule has 1 aromatic heterocycles. The standard InChI is InChI=1S/C10H18N4O2/c1-6(2)8-12-9(14-13-8)10(16)11-7(3)4-5-15/h6-7,15H,4-5H2,1-3H3,(H,11,16)(H,12,13,14). The number of nitrogens with one attached hydrogen (secondary N) is 2. The monoisotopic (exact) mass is 226 g/mol. The Morgan fingerprint density at radius 2 is 2.19 bits per heavy atom. The summed E-state index contributed by atoms with van der Waals surface area (Å²) < 4.78 is 0. The van der Waals surface area contributed by atoms with Gasteiger partial charge in [0.1, 0.15) is 5.82 Å². The molecule has 1 aromatic rings. The van der Waals surface area contributed by atoms with Crippen LogP contribution in [0.1, 0.15) is 49.6 Å². The van der Waals surface area contributed by atoms with Crippen LogP contribution < -0.4 is 5.32 Å². The van der Waals surface area contributed by atoms with Gasteiger partial charge in [0.05, 0.1) is 0 Å². The summed E-state index contributed by atoms with van der Waals surface area (Å²) in [5, 5.41) is 18.0. The van der Waals surface area contributed by atoms with Crippen LogP contribution >= 0.6 is 0 Å². The predicted molar refractivity (Wildman–Crippen MR) is 59.1 cm³/mol. The molecule has 0 saturated carbocycles. The van der Waals surface area contributed by atoms with Crippen molar-refractivity contribution in [1.82, 2.24) is 20.5 Å². The van der Waals surface area contributed by atoms with Gasteiger partial charge in [0.25, 0.3) is 5.91 Å². The molecule has 0 aliphatic carbocycles. The Bertz CT molecular complexity index is 348. The summed E-state index contributed by atoms with van der Waals surface area (Å²) in [6, 6.07) is -0.0847. The maximum Gasteiger partial charge on any atom is 0.291 e. The van der Waals surface area contributed by atoms with E-state index in [0.717, 1.165) is 0 Å². The van der Waals surface area contributed by atoms with E-state index in [1.54, 1.807) is 0 Å². The van der Waals surface area contributed by atoms with Crippen LogP contribution in [0.25, 0.3) is 0 Å². The third kappa shape index (κ3) is 3.30. The maximum atomic E-state index is 11.6. The minimum absolute atomic E-state index is 0.0483. The van der Waals surface area contributed by atoms with Crippen LogP contribution in [-0.4, -0.2) is 38.8 Å². The molecular formula is C10H18N4O2. The number of aromatic nitrogens is 3. The molecule has 90 valence electrons. The fourth-order valence-corrected chi connectivity index (χ4v) is 1.19. The summed E-state index contributed by atoms with van der Waals surface area (Å²) in [5.41, 5.74) is 0. The molecule has 6 nitrogen and oxygen atoms in total. The lowest BCUT2D eigenvalue weighted by Crippen LogP contribution is -2.33. The summed E-state index contributed by atoms with van der Waals surface area (Å²) in [6.45, 7) is 5.81. The Hall–Kier alpha value is -1.43. The van der Waals surface area contributed by atoms with E-state index in [9.17, 15) is 4.79 Å². The number of hydrogen-bond acceptors (Lipinski definition) is 4. The topological polar surface area (TPSA) is 90.9 Å². The summed E-state index contributed by atoms with van der Waals surface area (Å²) >= 11 is 0. The molecule has 1 heterocycles. The summed E-state index contributed by atoms with van der Waals surface area (Å²) in [7, 11) is 0. The van der Waals surface area contributed by atoms with Gasteiger partial charge in [-0.15, -0.1) is 5.10 Å². The first-order valence-electron chi connectivity index (χ1n) is 5.38. The van der Waals surface area contributed by atoms with E-state index >= 15 is 0 Å². The van der Waals surface area contributed by atoms with Crippen molar-refractivity contribution in [3.63, 3.8) is 0 Å². The molecule has 0 bridgehead atoms. The number of aliphatic hydroxyl groups excluding tert-OH is 1. The van der Waals surface area contributed by atoms with Crippen LogP contribution in [0.15, 0.2) is 0 Å². The van der Waals surface area contributed by atoms with Crippen LogP contribution in [0, 0.1) is 0 Å². The quantitative estimate of drug-likeness (QED) is 0.679. The fraction of sp³-hybridized carbons (Fsp3) is 0.700. The summed E-state index contributed by atoms with van der Waals surface area (Å²) in [5.74, 6) is 0.737. The Morgan fingerprint density at radius 1 is 1.50 bits per heavy atom. The van der Waals surface area contributed by atoms with Crippen LogP contribution in [-0.2, 0) is 0 Å². The Kier molecular flexibility index (Phi) is 4.42. The first kappa shape index (κ1) is 12.6. The zero-order valence-corrected chi connectivity index (χ0v) is 9.82. The van der Waals surface area contributed by atoms with Gasteiger partial charge >= 0.3 is 0 Å². The van der Waals surface area contributed by atoms with Crippen LogP contribution in [0.3, 0.4) is 0 Å². The Morgan fingerprint density at radius 3 is 2.69 bits per heavy atom. The molecule has 16 heavy (non-hydrogen) atoms. The van der Waals surface area contributed by atoms with Crippen molar-refractivity contribution in [2.45, 2.75) is 39.2 Å². The minimum atomic E-state index is -0.316. The molecule has 3 N–H and O–H groups in total. The third-order valence-corrected chi connectivity index (χ3v) is 2.19. The molecule has 0 saturated heterocycles. The summed E-state index contributed by atoms with van der Waals surface area (Å²) in [4.78, 5) is 15.7. The molecule has 0 fully saturated rings. The molecule has 0 aliphatic heterocycles. The number of carbonyl (C=O) groups is 1. The molecule has 0 aromatic carbocycles. The number of carbonyl (C=O) groups excluding carboxylic acids is 1. The molecule has 6 heteroatoms. The average Bonchev–Trinajstić information content (AvgIpc) is 2.66. The minimum Gasteiger partial charge on any atom is -0.396 e. The lowest BCUT2D eigenvalue weighted by atomic mass is 10.2. The second-order valence-corrected chi connectivity index (χ2v) is 4.09. The number of amides is 1. The number of nitrogens with zero attached hydrogens (tertiary/aromatic N) is 2. The predicted octanol–water partition coefficient (Wildman–Crippen LogP) is 0.429. The van der Waals surface area contributed by atoms with Crippen molar-refractivity contribution in [3.05, 3.63) is 11.6 Å². The van der Waals surface area contributed by atoms with Gasteiger partial charge in [0, 0.05) is 18.6 Å². The normalized spacial score (nSPS) is 12.8. The number of rotatable bonds is 5. The number of H-pyrrole nitrogens is 1. The average molecular weight is 226 g/mol. The second-order valence-electron chi connectivity index (χ2n) is 4.09. The van der Waals surface area contributed by atoms with Gasteiger partial charge in [0.15, 0.2) is 0 Å². The van der Waals surface area contributed by atoms with Gasteiger partial charge in [-0.25, -0.2) is 4.98 Å². The molecule has 0 spiro atoms. The van der Waals surface area contributed by atoms with Crippen LogP contribution in [0.4, 0.5) is 0 Å². The lowest BCUT2D eigenvalue weighted by Gasteiger charge is -2.09. The van der Waals surface area contributed by atoms with Crippen LogP contribution in [0.2, 0.25) is 0 Å². The molecule has 1 amide bonds. The third-order valence-electron chi connectivity index (χ3n) is 2.19. The van der Waals surface area contributed by atoms with Crippen molar-refractivity contribution in [2.24, 2.45) is 0 Å². The number of aromatic amines is 1. The molecular weight excluding hydrogens is 208 g/mol. The fourth-order valence-electron chi connectivity index (χ4n) is 1.19. The van der Waals surface area contributed by atoms with E-state index in [2.05, 4.69) is 20.5 Å². The largest absolute Gasteiger partial charge is 0.396 e. The smallest absolute Gasteiger partial charge is 0.291 e. The van der Waals surface area contributed by atoms with Gasteiger partial charge in [-0.1, -0.05) is 13.8 Å². The second kappa shape index (κ2) is 5.60.